The number of amides is 1. The Morgan fingerprint density at radius 3 is 2.77 bits per heavy atom. The summed E-state index contributed by atoms with van der Waals surface area (Å²) in [5, 5.41) is 7.90. The first-order chi connectivity index (χ1) is 14.5. The third kappa shape index (κ3) is 4.60. The van der Waals surface area contributed by atoms with Crippen molar-refractivity contribution in [1.29, 1.82) is 0 Å². The van der Waals surface area contributed by atoms with E-state index in [1.807, 2.05) is 41.2 Å². The van der Waals surface area contributed by atoms with Crippen molar-refractivity contribution >= 4 is 5.91 Å². The lowest BCUT2D eigenvalue weighted by Crippen LogP contribution is -2.38. The Morgan fingerprint density at radius 2 is 2.03 bits per heavy atom. The van der Waals surface area contributed by atoms with Crippen LogP contribution in [-0.2, 0) is 17.8 Å². The molecule has 2 aromatic heterocycles. The third-order valence-corrected chi connectivity index (χ3v) is 5.56. The van der Waals surface area contributed by atoms with Crippen molar-refractivity contribution in [2.75, 3.05) is 13.6 Å². The van der Waals surface area contributed by atoms with Gasteiger partial charge in [-0.2, -0.15) is 5.10 Å². The number of nitrogens with zero attached hydrogens (tertiary/aromatic N) is 4. The Morgan fingerprint density at radius 1 is 1.23 bits per heavy atom. The molecule has 0 fully saturated rings. The Labute approximate surface area is 177 Å². The van der Waals surface area contributed by atoms with Crippen molar-refractivity contribution in [3.63, 3.8) is 0 Å². The zero-order valence-corrected chi connectivity index (χ0v) is 17.9. The van der Waals surface area contributed by atoms with Crippen LogP contribution in [0.1, 0.15) is 46.8 Å². The van der Waals surface area contributed by atoms with Crippen LogP contribution in [0, 0.1) is 13.8 Å². The van der Waals surface area contributed by atoms with E-state index in [4.69, 9.17) is 0 Å². The number of aromatic nitrogens is 3. The van der Waals surface area contributed by atoms with Gasteiger partial charge < -0.3 is 5.32 Å². The zero-order chi connectivity index (χ0) is 21.1. The topological polar surface area (TPSA) is 63.1 Å². The number of hydrogen-bond donors (Lipinski definition) is 1. The van der Waals surface area contributed by atoms with Crippen LogP contribution in [0.3, 0.4) is 0 Å². The normalized spacial score (nSPS) is 15.8. The fraction of sp³-hybridized carbons (Fsp3) is 0.375. The van der Waals surface area contributed by atoms with Crippen LogP contribution >= 0.6 is 0 Å². The van der Waals surface area contributed by atoms with Crippen molar-refractivity contribution < 1.29 is 4.79 Å². The van der Waals surface area contributed by atoms with Crippen LogP contribution in [-0.4, -0.2) is 39.2 Å². The number of benzene rings is 1. The Bertz CT molecular complexity index is 1010. The Hall–Kier alpha value is -2.99. The standard InChI is InChI=1S/C24H29N5O/c1-17-10-18(2)12-20(11-17)29-23-8-4-7-22(21(23)14-26-29)27-24(30)16-28(3)15-19-6-5-9-25-13-19/h5-6,9-14,22H,4,7-8,15-16H2,1-3H3,(H,27,30)/t22-/m0/s1. The minimum absolute atomic E-state index is 0.0210. The van der Waals surface area contributed by atoms with E-state index < -0.39 is 0 Å². The molecule has 1 amide bonds. The minimum atomic E-state index is 0.0210. The number of rotatable bonds is 6. The molecule has 2 heterocycles. The van der Waals surface area contributed by atoms with Crippen LogP contribution in [0.5, 0.6) is 0 Å². The number of hydrogen-bond acceptors (Lipinski definition) is 4. The highest BCUT2D eigenvalue weighted by molar-refractivity contribution is 5.78. The van der Waals surface area contributed by atoms with E-state index in [9.17, 15) is 4.79 Å². The molecule has 6 heteroatoms. The molecule has 1 aromatic carbocycles. The lowest BCUT2D eigenvalue weighted by molar-refractivity contribution is -0.122. The first-order valence-electron chi connectivity index (χ1n) is 10.5. The second kappa shape index (κ2) is 8.79. The number of aryl methyl sites for hydroxylation is 2. The van der Waals surface area contributed by atoms with Gasteiger partial charge in [0.05, 0.1) is 24.5 Å². The fourth-order valence-corrected chi connectivity index (χ4v) is 4.35. The molecule has 1 aliphatic rings. The maximum atomic E-state index is 12.7. The fourth-order valence-electron chi connectivity index (χ4n) is 4.35. The first kappa shape index (κ1) is 20.3. The maximum absolute atomic E-state index is 12.7. The quantitative estimate of drug-likeness (QED) is 0.684. The van der Waals surface area contributed by atoms with Crippen LogP contribution in [0.2, 0.25) is 0 Å². The molecule has 1 atom stereocenters. The predicted molar refractivity (Wildman–Crippen MR) is 117 cm³/mol. The summed E-state index contributed by atoms with van der Waals surface area (Å²) in [5.74, 6) is 0.0402. The molecule has 4 rings (SSSR count). The SMILES string of the molecule is Cc1cc(C)cc(-n2ncc3c2CCC[C@@H]3NC(=O)CN(C)Cc2cccnc2)c1. The van der Waals surface area contributed by atoms with E-state index >= 15 is 0 Å². The van der Waals surface area contributed by atoms with Gasteiger partial charge in [-0.1, -0.05) is 12.1 Å². The van der Waals surface area contributed by atoms with Gasteiger partial charge in [0.1, 0.15) is 0 Å². The lowest BCUT2D eigenvalue weighted by atomic mass is 9.92. The summed E-state index contributed by atoms with van der Waals surface area (Å²) < 4.78 is 2.04. The number of likely N-dealkylation sites (N-methyl/N-ethyl adjacent to an activating group) is 1. The summed E-state index contributed by atoms with van der Waals surface area (Å²) in [5.41, 5.74) is 7.00. The van der Waals surface area contributed by atoms with Gasteiger partial charge in [0.15, 0.2) is 0 Å². The van der Waals surface area contributed by atoms with Gasteiger partial charge in [0.25, 0.3) is 0 Å². The van der Waals surface area contributed by atoms with Crippen LogP contribution in [0.4, 0.5) is 0 Å². The molecule has 1 N–H and O–H groups in total. The first-order valence-corrected chi connectivity index (χ1v) is 10.5. The molecular weight excluding hydrogens is 374 g/mol. The van der Waals surface area contributed by atoms with Crippen LogP contribution in [0.15, 0.2) is 48.9 Å². The Balaban J connectivity index is 1.44. The summed E-state index contributed by atoms with van der Waals surface area (Å²) in [6, 6.07) is 10.5. The van der Waals surface area contributed by atoms with E-state index in [-0.39, 0.29) is 11.9 Å². The molecule has 6 nitrogen and oxygen atoms in total. The van der Waals surface area contributed by atoms with Gasteiger partial charge in [-0.05, 0) is 75.0 Å². The molecule has 0 aliphatic heterocycles. The molecule has 3 aromatic rings. The van der Waals surface area contributed by atoms with Gasteiger partial charge in [0.2, 0.25) is 5.91 Å². The maximum Gasteiger partial charge on any atom is 0.234 e. The molecule has 30 heavy (non-hydrogen) atoms. The van der Waals surface area contributed by atoms with E-state index in [1.54, 1.807) is 6.20 Å². The number of fused-ring (bicyclic) bond motifs is 1. The van der Waals surface area contributed by atoms with Crippen LogP contribution < -0.4 is 5.32 Å². The van der Waals surface area contributed by atoms with E-state index in [1.165, 1.54) is 16.8 Å². The van der Waals surface area contributed by atoms with E-state index in [2.05, 4.69) is 47.4 Å². The summed E-state index contributed by atoms with van der Waals surface area (Å²) in [4.78, 5) is 18.8. The molecular formula is C24H29N5O. The molecule has 0 spiro atoms. The molecule has 0 bridgehead atoms. The molecule has 156 valence electrons. The number of pyridine rings is 1. The summed E-state index contributed by atoms with van der Waals surface area (Å²) in [7, 11) is 1.96. The van der Waals surface area contributed by atoms with Gasteiger partial charge in [-0.25, -0.2) is 4.68 Å². The monoisotopic (exact) mass is 403 g/mol. The van der Waals surface area contributed by atoms with Gasteiger partial charge in [0, 0.05) is 30.2 Å². The predicted octanol–water partition coefficient (Wildman–Crippen LogP) is 3.51. The molecule has 1 aliphatic carbocycles. The van der Waals surface area contributed by atoms with Gasteiger partial charge >= 0.3 is 0 Å². The van der Waals surface area contributed by atoms with Crippen molar-refractivity contribution in [2.45, 2.75) is 45.7 Å². The summed E-state index contributed by atoms with van der Waals surface area (Å²) in [6.07, 6.45) is 8.49. The van der Waals surface area contributed by atoms with Crippen molar-refractivity contribution in [3.05, 3.63) is 76.9 Å². The van der Waals surface area contributed by atoms with Crippen molar-refractivity contribution in [2.24, 2.45) is 0 Å². The van der Waals surface area contributed by atoms with Crippen molar-refractivity contribution in [1.82, 2.24) is 25.0 Å². The largest absolute Gasteiger partial charge is 0.348 e. The second-order valence-corrected chi connectivity index (χ2v) is 8.35. The van der Waals surface area contributed by atoms with E-state index in [0.29, 0.717) is 13.1 Å². The third-order valence-electron chi connectivity index (χ3n) is 5.56. The zero-order valence-electron chi connectivity index (χ0n) is 17.9. The number of nitrogens with one attached hydrogen (secondary N) is 1. The average molecular weight is 404 g/mol. The Kier molecular flexibility index (Phi) is 5.95. The highest BCUT2D eigenvalue weighted by Crippen LogP contribution is 2.31. The smallest absolute Gasteiger partial charge is 0.234 e. The number of carbonyl (C=O) groups is 1. The molecule has 0 unspecified atom stereocenters. The van der Waals surface area contributed by atoms with Crippen molar-refractivity contribution in [3.8, 4) is 5.69 Å². The summed E-state index contributed by atoms with van der Waals surface area (Å²) >= 11 is 0. The highest BCUT2D eigenvalue weighted by atomic mass is 16.2. The van der Waals surface area contributed by atoms with Crippen LogP contribution in [0.25, 0.3) is 5.69 Å². The molecule has 0 saturated carbocycles. The minimum Gasteiger partial charge on any atom is -0.348 e. The second-order valence-electron chi connectivity index (χ2n) is 8.35. The average Bonchev–Trinajstić information content (AvgIpc) is 3.13. The summed E-state index contributed by atoms with van der Waals surface area (Å²) in [6.45, 7) is 5.27. The lowest BCUT2D eigenvalue weighted by Gasteiger charge is -2.25. The highest BCUT2D eigenvalue weighted by Gasteiger charge is 2.26. The molecule has 0 radical (unpaired) electrons. The molecule has 0 saturated heterocycles. The van der Waals surface area contributed by atoms with Gasteiger partial charge in [-0.15, -0.1) is 0 Å². The van der Waals surface area contributed by atoms with Gasteiger partial charge in [-0.3, -0.25) is 14.7 Å². The van der Waals surface area contributed by atoms with E-state index in [0.717, 1.165) is 36.1 Å². The number of carbonyl (C=O) groups excluding carboxylic acids is 1.